The van der Waals surface area contributed by atoms with Gasteiger partial charge in [0.15, 0.2) is 5.79 Å². The van der Waals surface area contributed by atoms with Gasteiger partial charge in [0.25, 0.3) is 0 Å². The zero-order chi connectivity index (χ0) is 18.3. The summed E-state index contributed by atoms with van der Waals surface area (Å²) in [6.07, 6.45) is -3.22. The summed E-state index contributed by atoms with van der Waals surface area (Å²) in [7, 11) is -4.14. The normalized spacial score (nSPS) is 22.2. The quantitative estimate of drug-likeness (QED) is 0.766. The van der Waals surface area contributed by atoms with Crippen LogP contribution in [-0.4, -0.2) is 44.8 Å². The van der Waals surface area contributed by atoms with Crippen molar-refractivity contribution in [2.45, 2.75) is 36.1 Å². The van der Waals surface area contributed by atoms with E-state index in [-0.39, 0.29) is 18.1 Å². The average Bonchev–Trinajstić information content (AvgIpc) is 2.55. The molecule has 0 bridgehead atoms. The van der Waals surface area contributed by atoms with Crippen LogP contribution >= 0.6 is 11.6 Å². The number of rotatable bonds is 2. The van der Waals surface area contributed by atoms with Crippen molar-refractivity contribution in [3.05, 3.63) is 28.8 Å². The monoisotopic (exact) mass is 399 g/mol. The SMILES string of the molecule is O=S(=O)(c1cc(C(F)(F)F)ccc1Cl)N1CCC2(CC1)OCCCO2. The summed E-state index contributed by atoms with van der Waals surface area (Å²) in [4.78, 5) is -0.537. The topological polar surface area (TPSA) is 55.8 Å². The molecule has 140 valence electrons. The number of ether oxygens (including phenoxy) is 2. The van der Waals surface area contributed by atoms with Gasteiger partial charge in [0.1, 0.15) is 4.90 Å². The third kappa shape index (κ3) is 3.80. The number of hydrogen-bond donors (Lipinski definition) is 0. The van der Waals surface area contributed by atoms with E-state index in [9.17, 15) is 21.6 Å². The number of nitrogens with zero attached hydrogens (tertiary/aromatic N) is 1. The van der Waals surface area contributed by atoms with Gasteiger partial charge in [-0.15, -0.1) is 0 Å². The summed E-state index contributed by atoms with van der Waals surface area (Å²) in [6.45, 7) is 1.28. The van der Waals surface area contributed by atoms with Gasteiger partial charge in [-0.25, -0.2) is 8.42 Å². The van der Waals surface area contributed by atoms with Crippen LogP contribution in [0.5, 0.6) is 0 Å². The molecule has 3 rings (SSSR count). The standard InChI is InChI=1S/C15H17ClF3NO4S/c16-12-3-2-11(15(17,18)19)10-13(12)25(21,22)20-6-4-14(5-7-20)23-8-1-9-24-14/h2-3,10H,1,4-9H2. The van der Waals surface area contributed by atoms with Gasteiger partial charge in [0, 0.05) is 25.9 Å². The number of hydrogen-bond acceptors (Lipinski definition) is 4. The largest absolute Gasteiger partial charge is 0.416 e. The van der Waals surface area contributed by atoms with Crippen LogP contribution in [0.25, 0.3) is 0 Å². The maximum Gasteiger partial charge on any atom is 0.416 e. The predicted octanol–water partition coefficient (Wildman–Crippen LogP) is 3.28. The Kier molecular flexibility index (Phi) is 5.06. The minimum absolute atomic E-state index is 0.0922. The lowest BCUT2D eigenvalue weighted by atomic mass is 10.0. The van der Waals surface area contributed by atoms with Crippen molar-refractivity contribution in [1.29, 1.82) is 0 Å². The van der Waals surface area contributed by atoms with E-state index < -0.39 is 32.4 Å². The first-order valence-corrected chi connectivity index (χ1v) is 9.61. The highest BCUT2D eigenvalue weighted by atomic mass is 35.5. The van der Waals surface area contributed by atoms with Crippen LogP contribution in [0.2, 0.25) is 5.02 Å². The summed E-state index contributed by atoms with van der Waals surface area (Å²) in [6, 6.07) is 2.29. The molecule has 1 aromatic rings. The zero-order valence-corrected chi connectivity index (χ0v) is 14.8. The molecule has 0 radical (unpaired) electrons. The van der Waals surface area contributed by atoms with Crippen molar-refractivity contribution in [2.24, 2.45) is 0 Å². The van der Waals surface area contributed by atoms with Crippen LogP contribution in [0.4, 0.5) is 13.2 Å². The molecule has 2 aliphatic rings. The lowest BCUT2D eigenvalue weighted by Gasteiger charge is -2.42. The minimum Gasteiger partial charge on any atom is -0.350 e. The molecule has 5 nitrogen and oxygen atoms in total. The van der Waals surface area contributed by atoms with E-state index in [1.807, 2.05) is 0 Å². The second kappa shape index (κ2) is 6.70. The van der Waals surface area contributed by atoms with Crippen molar-refractivity contribution < 1.29 is 31.1 Å². The van der Waals surface area contributed by atoms with Crippen molar-refractivity contribution in [3.8, 4) is 0 Å². The maximum absolute atomic E-state index is 12.9. The third-order valence-electron chi connectivity index (χ3n) is 4.38. The highest BCUT2D eigenvalue weighted by molar-refractivity contribution is 7.89. The van der Waals surface area contributed by atoms with Crippen molar-refractivity contribution in [2.75, 3.05) is 26.3 Å². The molecule has 0 amide bonds. The lowest BCUT2D eigenvalue weighted by molar-refractivity contribution is -0.280. The van der Waals surface area contributed by atoms with Crippen LogP contribution in [-0.2, 0) is 25.7 Å². The fraction of sp³-hybridized carbons (Fsp3) is 0.600. The molecule has 0 saturated carbocycles. The lowest BCUT2D eigenvalue weighted by Crippen LogP contribution is -2.51. The molecule has 25 heavy (non-hydrogen) atoms. The molecule has 10 heteroatoms. The van der Waals surface area contributed by atoms with Crippen molar-refractivity contribution in [3.63, 3.8) is 0 Å². The second-order valence-corrected chi connectivity index (χ2v) is 8.32. The highest BCUT2D eigenvalue weighted by Crippen LogP contribution is 2.37. The molecule has 0 aliphatic carbocycles. The van der Waals surface area contributed by atoms with Crippen LogP contribution in [0.3, 0.4) is 0 Å². The molecule has 2 saturated heterocycles. The molecule has 0 aromatic heterocycles. The van der Waals surface area contributed by atoms with E-state index in [1.54, 1.807) is 0 Å². The van der Waals surface area contributed by atoms with Gasteiger partial charge in [0.2, 0.25) is 10.0 Å². The van der Waals surface area contributed by atoms with Gasteiger partial charge in [0.05, 0.1) is 23.8 Å². The van der Waals surface area contributed by atoms with E-state index in [1.165, 1.54) is 0 Å². The summed E-state index contributed by atoms with van der Waals surface area (Å²) in [5, 5.41) is -0.238. The Morgan fingerprint density at radius 2 is 1.72 bits per heavy atom. The molecule has 2 aliphatic heterocycles. The first kappa shape index (κ1) is 18.9. The van der Waals surface area contributed by atoms with Crippen LogP contribution < -0.4 is 0 Å². The Morgan fingerprint density at radius 3 is 2.28 bits per heavy atom. The Bertz CT molecular complexity index is 738. The highest BCUT2D eigenvalue weighted by Gasteiger charge is 2.42. The van der Waals surface area contributed by atoms with Gasteiger partial charge in [-0.3, -0.25) is 0 Å². The van der Waals surface area contributed by atoms with Crippen LogP contribution in [0.15, 0.2) is 23.1 Å². The number of alkyl halides is 3. The Labute approximate surface area is 148 Å². The summed E-state index contributed by atoms with van der Waals surface area (Å²) < 4.78 is 76.6. The number of benzene rings is 1. The van der Waals surface area contributed by atoms with Crippen molar-refractivity contribution >= 4 is 21.6 Å². The molecule has 0 atom stereocenters. The van der Waals surface area contributed by atoms with Gasteiger partial charge < -0.3 is 9.47 Å². The predicted molar refractivity (Wildman–Crippen MR) is 83.7 cm³/mol. The summed E-state index contributed by atoms with van der Waals surface area (Å²) in [5.41, 5.74) is -1.05. The summed E-state index contributed by atoms with van der Waals surface area (Å²) in [5.74, 6) is -0.790. The Hall–Kier alpha value is -0.870. The minimum atomic E-state index is -4.65. The molecule has 2 heterocycles. The van der Waals surface area contributed by atoms with E-state index >= 15 is 0 Å². The fourth-order valence-corrected chi connectivity index (χ4v) is 4.93. The smallest absolute Gasteiger partial charge is 0.350 e. The number of halogens is 4. The molecular weight excluding hydrogens is 383 g/mol. The first-order valence-electron chi connectivity index (χ1n) is 7.79. The molecule has 0 unspecified atom stereocenters. The van der Waals surface area contributed by atoms with Crippen LogP contribution in [0, 0.1) is 0 Å². The molecule has 0 N–H and O–H groups in total. The van der Waals surface area contributed by atoms with Gasteiger partial charge in [-0.2, -0.15) is 17.5 Å². The number of sulfonamides is 1. The maximum atomic E-state index is 12.9. The van der Waals surface area contributed by atoms with E-state index in [0.29, 0.717) is 32.1 Å². The van der Waals surface area contributed by atoms with E-state index in [2.05, 4.69) is 0 Å². The Balaban J connectivity index is 1.83. The summed E-state index contributed by atoms with van der Waals surface area (Å²) >= 11 is 5.87. The average molecular weight is 400 g/mol. The van der Waals surface area contributed by atoms with Gasteiger partial charge in [-0.1, -0.05) is 11.6 Å². The third-order valence-corrected chi connectivity index (χ3v) is 6.76. The van der Waals surface area contributed by atoms with Gasteiger partial charge >= 0.3 is 6.18 Å². The Morgan fingerprint density at radius 1 is 1.12 bits per heavy atom. The van der Waals surface area contributed by atoms with Crippen LogP contribution in [0.1, 0.15) is 24.8 Å². The first-order chi connectivity index (χ1) is 11.6. The van der Waals surface area contributed by atoms with Crippen molar-refractivity contribution in [1.82, 2.24) is 4.31 Å². The van der Waals surface area contributed by atoms with Gasteiger partial charge in [-0.05, 0) is 24.6 Å². The molecule has 2 fully saturated rings. The molecular formula is C15H17ClF3NO4S. The zero-order valence-electron chi connectivity index (χ0n) is 13.2. The molecule has 1 spiro atoms. The molecule has 1 aromatic carbocycles. The fourth-order valence-electron chi connectivity index (χ4n) is 2.99. The number of piperidine rings is 1. The second-order valence-electron chi connectivity index (χ2n) is 6.01. The van der Waals surface area contributed by atoms with E-state index in [0.717, 1.165) is 22.9 Å². The van der Waals surface area contributed by atoms with E-state index in [4.69, 9.17) is 21.1 Å².